The van der Waals surface area contributed by atoms with Crippen molar-refractivity contribution in [2.75, 3.05) is 5.32 Å². The van der Waals surface area contributed by atoms with Crippen LogP contribution < -0.4 is 5.32 Å². The number of benzene rings is 1. The molecule has 1 aromatic heterocycles. The Hall–Kier alpha value is -2.37. The number of aromatic nitrogens is 2. The fourth-order valence-electron chi connectivity index (χ4n) is 1.95. The number of fused-ring (bicyclic) bond motifs is 1. The van der Waals surface area contributed by atoms with Crippen molar-refractivity contribution in [3.8, 4) is 0 Å². The van der Waals surface area contributed by atoms with Crippen LogP contribution in [-0.4, -0.2) is 27.0 Å². The van der Waals surface area contributed by atoms with Gasteiger partial charge in [-0.25, -0.2) is 4.98 Å². The van der Waals surface area contributed by atoms with Gasteiger partial charge in [-0.1, -0.05) is 13.0 Å². The van der Waals surface area contributed by atoms with E-state index < -0.39 is 5.97 Å². The van der Waals surface area contributed by atoms with Crippen LogP contribution in [0.15, 0.2) is 24.5 Å². The third kappa shape index (κ3) is 3.31. The van der Waals surface area contributed by atoms with Crippen molar-refractivity contribution >= 4 is 28.6 Å². The summed E-state index contributed by atoms with van der Waals surface area (Å²) in [6.45, 7) is 1.74. The van der Waals surface area contributed by atoms with E-state index in [1.54, 1.807) is 19.3 Å². The molecule has 100 valence electrons. The van der Waals surface area contributed by atoms with Crippen LogP contribution >= 0.6 is 0 Å². The molecule has 0 aliphatic carbocycles. The van der Waals surface area contributed by atoms with Gasteiger partial charge < -0.3 is 15.4 Å². The normalized spacial score (nSPS) is 12.3. The van der Waals surface area contributed by atoms with Crippen molar-refractivity contribution in [3.63, 3.8) is 0 Å². The molecule has 1 amide bonds. The quantitative estimate of drug-likeness (QED) is 0.767. The minimum Gasteiger partial charge on any atom is -0.481 e. The Kier molecular flexibility index (Phi) is 3.79. The van der Waals surface area contributed by atoms with E-state index in [0.717, 1.165) is 5.52 Å². The summed E-state index contributed by atoms with van der Waals surface area (Å²) in [5.41, 5.74) is 2.17. The Morgan fingerprint density at radius 3 is 2.95 bits per heavy atom. The lowest BCUT2D eigenvalue weighted by atomic mass is 10.0. The van der Waals surface area contributed by atoms with E-state index in [4.69, 9.17) is 5.11 Å². The average molecular weight is 261 g/mol. The number of carboxylic acids is 1. The van der Waals surface area contributed by atoms with Crippen LogP contribution in [0.3, 0.4) is 0 Å². The zero-order valence-electron chi connectivity index (χ0n) is 10.5. The second-order valence-electron chi connectivity index (χ2n) is 4.56. The first-order chi connectivity index (χ1) is 9.06. The summed E-state index contributed by atoms with van der Waals surface area (Å²) in [6, 6.07) is 5.45. The first kappa shape index (κ1) is 13.1. The maximum Gasteiger partial charge on any atom is 0.303 e. The molecule has 3 N–H and O–H groups in total. The first-order valence-electron chi connectivity index (χ1n) is 6.00. The van der Waals surface area contributed by atoms with Gasteiger partial charge in [0.25, 0.3) is 0 Å². The van der Waals surface area contributed by atoms with Gasteiger partial charge in [-0.05, 0) is 18.1 Å². The molecule has 1 heterocycles. The van der Waals surface area contributed by atoms with Crippen molar-refractivity contribution in [1.82, 2.24) is 9.97 Å². The predicted octanol–water partition coefficient (Wildman–Crippen LogP) is 2.00. The van der Waals surface area contributed by atoms with Gasteiger partial charge in [-0.2, -0.15) is 0 Å². The zero-order valence-corrected chi connectivity index (χ0v) is 10.5. The Balaban J connectivity index is 2.03. The fourth-order valence-corrected chi connectivity index (χ4v) is 1.95. The summed E-state index contributed by atoms with van der Waals surface area (Å²) in [6.07, 6.45) is 1.72. The number of anilines is 1. The van der Waals surface area contributed by atoms with E-state index >= 15 is 0 Å². The maximum atomic E-state index is 11.8. The third-order valence-corrected chi connectivity index (χ3v) is 2.78. The second kappa shape index (κ2) is 5.51. The largest absolute Gasteiger partial charge is 0.481 e. The number of aliphatic carboxylic acids is 1. The van der Waals surface area contributed by atoms with E-state index in [-0.39, 0.29) is 24.7 Å². The van der Waals surface area contributed by atoms with E-state index in [1.165, 1.54) is 0 Å². The van der Waals surface area contributed by atoms with Gasteiger partial charge in [0.05, 0.1) is 17.5 Å². The van der Waals surface area contributed by atoms with Crippen LogP contribution in [0.2, 0.25) is 0 Å². The molecule has 2 rings (SSSR count). The van der Waals surface area contributed by atoms with Gasteiger partial charge in [-0.3, -0.25) is 9.59 Å². The van der Waals surface area contributed by atoms with E-state index in [0.29, 0.717) is 11.2 Å². The number of aromatic amines is 1. The average Bonchev–Trinajstić information content (AvgIpc) is 2.76. The SMILES string of the molecule is CC(CC(=O)O)CC(=O)Nc1cccc2[nH]cnc12. The molecule has 1 aromatic carbocycles. The molecule has 6 nitrogen and oxygen atoms in total. The molecule has 0 saturated heterocycles. The van der Waals surface area contributed by atoms with Gasteiger partial charge in [-0.15, -0.1) is 0 Å². The Bertz CT molecular complexity index is 606. The highest BCUT2D eigenvalue weighted by Crippen LogP contribution is 2.20. The van der Waals surface area contributed by atoms with Gasteiger partial charge >= 0.3 is 5.97 Å². The number of imidazole rings is 1. The molecule has 0 saturated carbocycles. The minimum atomic E-state index is -0.894. The number of para-hydroxylation sites is 1. The number of carboxylic acid groups (broad SMARTS) is 1. The van der Waals surface area contributed by atoms with E-state index in [9.17, 15) is 9.59 Å². The maximum absolute atomic E-state index is 11.8. The molecule has 0 radical (unpaired) electrons. The molecule has 1 unspecified atom stereocenters. The van der Waals surface area contributed by atoms with Crippen molar-refractivity contribution in [2.24, 2.45) is 5.92 Å². The number of carbonyl (C=O) groups is 2. The number of hydrogen-bond acceptors (Lipinski definition) is 3. The summed E-state index contributed by atoms with van der Waals surface area (Å²) >= 11 is 0. The number of hydrogen-bond donors (Lipinski definition) is 3. The van der Waals surface area contributed by atoms with Crippen molar-refractivity contribution in [2.45, 2.75) is 19.8 Å². The predicted molar refractivity (Wildman–Crippen MR) is 70.8 cm³/mol. The lowest BCUT2D eigenvalue weighted by Crippen LogP contribution is -2.17. The molecule has 0 aliphatic rings. The zero-order chi connectivity index (χ0) is 13.8. The number of nitrogens with one attached hydrogen (secondary N) is 2. The monoisotopic (exact) mass is 261 g/mol. The molecular formula is C13H15N3O3. The molecule has 0 aliphatic heterocycles. The van der Waals surface area contributed by atoms with Crippen LogP contribution in [0.25, 0.3) is 11.0 Å². The van der Waals surface area contributed by atoms with Gasteiger partial charge in [0.2, 0.25) is 5.91 Å². The molecule has 0 fully saturated rings. The number of nitrogens with zero attached hydrogens (tertiary/aromatic N) is 1. The minimum absolute atomic E-state index is 0.0139. The highest BCUT2D eigenvalue weighted by molar-refractivity contribution is 5.99. The third-order valence-electron chi connectivity index (χ3n) is 2.78. The van der Waals surface area contributed by atoms with Crippen LogP contribution in [0.4, 0.5) is 5.69 Å². The van der Waals surface area contributed by atoms with Crippen LogP contribution in [0.5, 0.6) is 0 Å². The number of rotatable bonds is 5. The van der Waals surface area contributed by atoms with Gasteiger partial charge in [0.1, 0.15) is 5.52 Å². The number of H-pyrrole nitrogens is 1. The molecule has 0 bridgehead atoms. The van der Waals surface area contributed by atoms with Crippen LogP contribution in [0.1, 0.15) is 19.8 Å². The standard InChI is InChI=1S/C13H15N3O3/c1-8(6-12(18)19)5-11(17)16-10-4-2-3-9-13(10)15-7-14-9/h2-4,7-8H,5-6H2,1H3,(H,14,15)(H,16,17)(H,18,19). The molecule has 2 aromatic rings. The summed E-state index contributed by atoms with van der Waals surface area (Å²) in [4.78, 5) is 29.5. The van der Waals surface area contributed by atoms with E-state index in [2.05, 4.69) is 15.3 Å². The number of amides is 1. The van der Waals surface area contributed by atoms with E-state index in [1.807, 2.05) is 12.1 Å². The fraction of sp³-hybridized carbons (Fsp3) is 0.308. The molecule has 1 atom stereocenters. The molecule has 0 spiro atoms. The summed E-state index contributed by atoms with van der Waals surface area (Å²) in [5, 5.41) is 11.4. The topological polar surface area (TPSA) is 95.1 Å². The van der Waals surface area contributed by atoms with Crippen molar-refractivity contribution in [3.05, 3.63) is 24.5 Å². The smallest absolute Gasteiger partial charge is 0.303 e. The van der Waals surface area contributed by atoms with Crippen LogP contribution in [0, 0.1) is 5.92 Å². The first-order valence-corrected chi connectivity index (χ1v) is 6.00. The van der Waals surface area contributed by atoms with Crippen molar-refractivity contribution < 1.29 is 14.7 Å². The lowest BCUT2D eigenvalue weighted by Gasteiger charge is -2.09. The Morgan fingerprint density at radius 2 is 2.21 bits per heavy atom. The Labute approximate surface area is 109 Å². The van der Waals surface area contributed by atoms with Gasteiger partial charge in [0, 0.05) is 12.8 Å². The second-order valence-corrected chi connectivity index (χ2v) is 4.56. The summed E-state index contributed by atoms with van der Waals surface area (Å²) in [7, 11) is 0. The molecule has 6 heteroatoms. The number of carbonyl (C=O) groups excluding carboxylic acids is 1. The Morgan fingerprint density at radius 1 is 1.42 bits per heavy atom. The molecular weight excluding hydrogens is 246 g/mol. The van der Waals surface area contributed by atoms with Crippen molar-refractivity contribution in [1.29, 1.82) is 0 Å². The summed E-state index contributed by atoms with van der Waals surface area (Å²) < 4.78 is 0. The highest BCUT2D eigenvalue weighted by Gasteiger charge is 2.14. The summed E-state index contributed by atoms with van der Waals surface area (Å²) in [5.74, 6) is -1.30. The molecule has 19 heavy (non-hydrogen) atoms. The van der Waals surface area contributed by atoms with Gasteiger partial charge in [0.15, 0.2) is 0 Å². The lowest BCUT2D eigenvalue weighted by molar-refractivity contribution is -0.138. The highest BCUT2D eigenvalue weighted by atomic mass is 16.4. The van der Waals surface area contributed by atoms with Crippen LogP contribution in [-0.2, 0) is 9.59 Å².